The molecule has 0 saturated carbocycles. The standard InChI is InChI=1S/C29H29NO5S/c1-32-18-28(31)30-9-11-34-29-22(15-30)12-21(14-25(29)35-17-19-8-10-33-16-19)20-6-7-27-24(13-20)23-4-2-3-5-26(23)36-27/h2-7,12-14,19H,8-11,15-18H2,1H3. The fraction of sp³-hybridized carbons (Fsp3) is 0.345. The van der Waals surface area contributed by atoms with Gasteiger partial charge in [0, 0.05) is 51.9 Å². The Morgan fingerprint density at radius 3 is 2.81 bits per heavy atom. The van der Waals surface area contributed by atoms with Gasteiger partial charge >= 0.3 is 0 Å². The van der Waals surface area contributed by atoms with E-state index in [1.807, 2.05) is 11.3 Å². The lowest BCUT2D eigenvalue weighted by Crippen LogP contribution is -2.34. The maximum absolute atomic E-state index is 12.6. The SMILES string of the molecule is COCC(=O)N1CCOc2c(cc(-c3ccc4sc5ccccc5c4c3)cc2OCC2CCOC2)C1. The molecule has 3 aromatic carbocycles. The fourth-order valence-electron chi connectivity index (χ4n) is 5.01. The van der Waals surface area contributed by atoms with Crippen molar-refractivity contribution < 1.29 is 23.7 Å². The Labute approximate surface area is 214 Å². The Bertz CT molecular complexity index is 1410. The summed E-state index contributed by atoms with van der Waals surface area (Å²) in [6.45, 7) is 3.53. The van der Waals surface area contributed by atoms with Gasteiger partial charge in [-0.3, -0.25) is 4.79 Å². The van der Waals surface area contributed by atoms with Gasteiger partial charge in [0.2, 0.25) is 5.91 Å². The number of carbonyl (C=O) groups excluding carboxylic acids is 1. The van der Waals surface area contributed by atoms with Crippen LogP contribution < -0.4 is 9.47 Å². The molecule has 0 bridgehead atoms. The van der Waals surface area contributed by atoms with Crippen LogP contribution in [-0.4, -0.2) is 57.5 Å². The lowest BCUT2D eigenvalue weighted by Gasteiger charge is -2.20. The maximum atomic E-state index is 12.6. The van der Waals surface area contributed by atoms with Gasteiger partial charge in [0.15, 0.2) is 11.5 Å². The van der Waals surface area contributed by atoms with E-state index in [0.717, 1.165) is 47.8 Å². The van der Waals surface area contributed by atoms with Gasteiger partial charge < -0.3 is 23.8 Å². The highest BCUT2D eigenvalue weighted by Gasteiger charge is 2.25. The number of carbonyl (C=O) groups is 1. The predicted octanol–water partition coefficient (Wildman–Crippen LogP) is 5.50. The molecule has 3 heterocycles. The van der Waals surface area contributed by atoms with E-state index in [4.69, 9.17) is 18.9 Å². The number of hydrogen-bond donors (Lipinski definition) is 0. The Morgan fingerprint density at radius 2 is 1.94 bits per heavy atom. The molecule has 36 heavy (non-hydrogen) atoms. The van der Waals surface area contributed by atoms with E-state index in [0.29, 0.717) is 32.2 Å². The molecule has 0 aliphatic carbocycles. The number of nitrogens with zero attached hydrogens (tertiary/aromatic N) is 1. The Kier molecular flexibility index (Phi) is 6.52. The first kappa shape index (κ1) is 23.3. The van der Waals surface area contributed by atoms with Crippen LogP contribution in [0.15, 0.2) is 54.6 Å². The van der Waals surface area contributed by atoms with E-state index in [9.17, 15) is 4.79 Å². The van der Waals surface area contributed by atoms with Gasteiger partial charge in [-0.1, -0.05) is 24.3 Å². The number of fused-ring (bicyclic) bond motifs is 4. The molecule has 1 fully saturated rings. The molecule has 6 nitrogen and oxygen atoms in total. The highest BCUT2D eigenvalue weighted by molar-refractivity contribution is 7.25. The van der Waals surface area contributed by atoms with Crippen LogP contribution in [0.4, 0.5) is 0 Å². The summed E-state index contributed by atoms with van der Waals surface area (Å²) < 4.78 is 25.7. The second kappa shape index (κ2) is 10.1. The van der Waals surface area contributed by atoms with Crippen molar-refractivity contribution in [1.29, 1.82) is 0 Å². The van der Waals surface area contributed by atoms with Crippen LogP contribution in [0.25, 0.3) is 31.3 Å². The molecule has 2 aliphatic rings. The number of thiophene rings is 1. The van der Waals surface area contributed by atoms with E-state index in [1.54, 1.807) is 12.0 Å². The largest absolute Gasteiger partial charge is 0.489 e. The first-order valence-corrected chi connectivity index (χ1v) is 13.2. The van der Waals surface area contributed by atoms with Crippen molar-refractivity contribution in [3.05, 3.63) is 60.2 Å². The first-order chi connectivity index (χ1) is 17.7. The molecule has 1 atom stereocenters. The number of methoxy groups -OCH3 is 1. The van der Waals surface area contributed by atoms with Gasteiger partial charge in [-0.15, -0.1) is 11.3 Å². The molecule has 4 aromatic rings. The van der Waals surface area contributed by atoms with Crippen molar-refractivity contribution >= 4 is 37.4 Å². The highest BCUT2D eigenvalue weighted by Crippen LogP contribution is 2.41. The lowest BCUT2D eigenvalue weighted by atomic mass is 9.99. The number of hydrogen-bond acceptors (Lipinski definition) is 6. The molecular weight excluding hydrogens is 474 g/mol. The van der Waals surface area contributed by atoms with Crippen molar-refractivity contribution in [3.8, 4) is 22.6 Å². The second-order valence-electron chi connectivity index (χ2n) is 9.41. The van der Waals surface area contributed by atoms with Gasteiger partial charge in [0.25, 0.3) is 0 Å². The summed E-state index contributed by atoms with van der Waals surface area (Å²) in [7, 11) is 1.54. The summed E-state index contributed by atoms with van der Waals surface area (Å²) in [4.78, 5) is 14.4. The van der Waals surface area contributed by atoms with Crippen LogP contribution >= 0.6 is 11.3 Å². The van der Waals surface area contributed by atoms with Crippen LogP contribution in [0.3, 0.4) is 0 Å². The Hall–Kier alpha value is -3.13. The topological polar surface area (TPSA) is 57.2 Å². The van der Waals surface area contributed by atoms with Crippen molar-refractivity contribution in [2.75, 3.05) is 46.7 Å². The number of amides is 1. The molecule has 0 radical (unpaired) electrons. The smallest absolute Gasteiger partial charge is 0.248 e. The molecule has 0 N–H and O–H groups in total. The molecule has 6 rings (SSSR count). The number of ether oxygens (including phenoxy) is 4. The highest BCUT2D eigenvalue weighted by atomic mass is 32.1. The summed E-state index contributed by atoms with van der Waals surface area (Å²) in [5.74, 6) is 1.79. The summed E-state index contributed by atoms with van der Waals surface area (Å²) >= 11 is 1.81. The summed E-state index contributed by atoms with van der Waals surface area (Å²) in [5.41, 5.74) is 3.11. The van der Waals surface area contributed by atoms with E-state index in [2.05, 4.69) is 54.6 Å². The van der Waals surface area contributed by atoms with E-state index < -0.39 is 0 Å². The Balaban J connectivity index is 1.41. The maximum Gasteiger partial charge on any atom is 0.248 e. The predicted molar refractivity (Wildman–Crippen MR) is 142 cm³/mol. The van der Waals surface area contributed by atoms with Gasteiger partial charge in [-0.25, -0.2) is 0 Å². The molecule has 0 spiro atoms. The molecule has 1 aromatic heterocycles. The van der Waals surface area contributed by atoms with E-state index in [-0.39, 0.29) is 12.5 Å². The molecule has 7 heteroatoms. The number of benzene rings is 3. The third kappa shape index (κ3) is 4.54. The van der Waals surface area contributed by atoms with Crippen molar-refractivity contribution in [3.63, 3.8) is 0 Å². The summed E-state index contributed by atoms with van der Waals surface area (Å²) in [5, 5.41) is 2.52. The van der Waals surface area contributed by atoms with Crippen molar-refractivity contribution in [2.24, 2.45) is 5.92 Å². The van der Waals surface area contributed by atoms with Crippen LogP contribution in [0.1, 0.15) is 12.0 Å². The van der Waals surface area contributed by atoms with Gasteiger partial charge in [-0.05, 0) is 47.9 Å². The average Bonchev–Trinajstić information content (AvgIpc) is 3.49. The third-order valence-corrected chi connectivity index (χ3v) is 8.08. The van der Waals surface area contributed by atoms with Gasteiger partial charge in [0.05, 0.1) is 19.8 Å². The van der Waals surface area contributed by atoms with E-state index >= 15 is 0 Å². The minimum atomic E-state index is -0.0453. The zero-order valence-corrected chi connectivity index (χ0v) is 21.1. The first-order valence-electron chi connectivity index (χ1n) is 12.4. The molecule has 1 saturated heterocycles. The molecule has 1 unspecified atom stereocenters. The van der Waals surface area contributed by atoms with Crippen LogP contribution in [0.5, 0.6) is 11.5 Å². The number of rotatable bonds is 6. The quantitative estimate of drug-likeness (QED) is 0.348. The second-order valence-corrected chi connectivity index (χ2v) is 10.5. The zero-order valence-electron chi connectivity index (χ0n) is 20.3. The normalized spacial score (nSPS) is 17.7. The molecule has 2 aliphatic heterocycles. The lowest BCUT2D eigenvalue weighted by molar-refractivity contribution is -0.135. The Morgan fingerprint density at radius 1 is 1.06 bits per heavy atom. The molecule has 1 amide bonds. The summed E-state index contributed by atoms with van der Waals surface area (Å²) in [6, 6.07) is 19.4. The van der Waals surface area contributed by atoms with Crippen LogP contribution in [-0.2, 0) is 20.8 Å². The van der Waals surface area contributed by atoms with Crippen LogP contribution in [0.2, 0.25) is 0 Å². The molecular formula is C29H29NO5S. The fourth-order valence-corrected chi connectivity index (χ4v) is 6.10. The van der Waals surface area contributed by atoms with E-state index in [1.165, 1.54) is 20.2 Å². The van der Waals surface area contributed by atoms with Crippen LogP contribution in [0, 0.1) is 5.92 Å². The third-order valence-electron chi connectivity index (χ3n) is 6.93. The average molecular weight is 504 g/mol. The molecule has 186 valence electrons. The van der Waals surface area contributed by atoms with Gasteiger partial charge in [0.1, 0.15) is 13.2 Å². The van der Waals surface area contributed by atoms with Crippen molar-refractivity contribution in [2.45, 2.75) is 13.0 Å². The minimum absolute atomic E-state index is 0.0453. The van der Waals surface area contributed by atoms with Gasteiger partial charge in [-0.2, -0.15) is 0 Å². The zero-order chi connectivity index (χ0) is 24.5. The van der Waals surface area contributed by atoms with Crippen molar-refractivity contribution in [1.82, 2.24) is 4.90 Å². The monoisotopic (exact) mass is 503 g/mol. The summed E-state index contributed by atoms with van der Waals surface area (Å²) in [6.07, 6.45) is 1.00. The minimum Gasteiger partial charge on any atom is -0.489 e.